The summed E-state index contributed by atoms with van der Waals surface area (Å²) in [5.74, 6) is 0.332. The second-order valence-electron chi connectivity index (χ2n) is 6.39. The average molecular weight is 393 g/mol. The number of nitro benzene ring substituents is 1. The third-order valence-electron chi connectivity index (χ3n) is 4.37. The van der Waals surface area contributed by atoms with Crippen LogP contribution in [0.25, 0.3) is 17.3 Å². The van der Waals surface area contributed by atoms with E-state index >= 15 is 0 Å². The normalized spacial score (nSPS) is 11.0. The van der Waals surface area contributed by atoms with Crippen molar-refractivity contribution in [2.45, 2.75) is 13.5 Å². The molecule has 3 rings (SSSR count). The Morgan fingerprint density at radius 3 is 2.72 bits per heavy atom. The van der Waals surface area contributed by atoms with Gasteiger partial charge in [-0.25, -0.2) is 0 Å². The quantitative estimate of drug-likeness (QED) is 0.273. The van der Waals surface area contributed by atoms with E-state index in [0.717, 1.165) is 5.56 Å². The number of aliphatic hydroxyl groups is 1. The monoisotopic (exact) mass is 393 g/mol. The first-order chi connectivity index (χ1) is 13.9. The lowest BCUT2D eigenvalue weighted by Gasteiger charge is -2.05. The predicted molar refractivity (Wildman–Crippen MR) is 108 cm³/mol. The number of nitrogens with zero attached hydrogens (tertiary/aromatic N) is 2. The highest BCUT2D eigenvalue weighted by Crippen LogP contribution is 2.26. The molecule has 29 heavy (non-hydrogen) atoms. The van der Waals surface area contributed by atoms with Gasteiger partial charge in [-0.05, 0) is 61.0 Å². The highest BCUT2D eigenvalue weighted by molar-refractivity contribution is 6.07. The fourth-order valence-electron chi connectivity index (χ4n) is 2.86. The van der Waals surface area contributed by atoms with Crippen LogP contribution in [0.15, 0.2) is 48.5 Å². The molecule has 0 spiro atoms. The molecule has 8 heteroatoms. The summed E-state index contributed by atoms with van der Waals surface area (Å²) >= 11 is 0. The molecule has 0 bridgehead atoms. The lowest BCUT2D eigenvalue weighted by Crippen LogP contribution is -1.98. The van der Waals surface area contributed by atoms with Crippen molar-refractivity contribution in [1.82, 2.24) is 10.2 Å². The molecule has 0 aliphatic heterocycles. The van der Waals surface area contributed by atoms with Gasteiger partial charge in [0.25, 0.3) is 5.69 Å². The van der Waals surface area contributed by atoms with Crippen molar-refractivity contribution < 1.29 is 19.6 Å². The minimum Gasteiger partial charge on any atom is -0.497 e. The molecule has 0 aliphatic carbocycles. The third kappa shape index (κ3) is 4.56. The first-order valence-electron chi connectivity index (χ1n) is 8.73. The molecule has 2 aromatic carbocycles. The number of aliphatic hydroxyl groups excluding tert-OH is 1. The summed E-state index contributed by atoms with van der Waals surface area (Å²) in [6.45, 7) is 1.47. The van der Waals surface area contributed by atoms with Gasteiger partial charge in [0.1, 0.15) is 5.75 Å². The van der Waals surface area contributed by atoms with E-state index in [1.54, 1.807) is 44.4 Å². The number of rotatable bonds is 7. The van der Waals surface area contributed by atoms with Crippen LogP contribution in [0, 0.1) is 17.0 Å². The number of hydrogen-bond acceptors (Lipinski definition) is 6. The van der Waals surface area contributed by atoms with Crippen molar-refractivity contribution in [3.63, 3.8) is 0 Å². The van der Waals surface area contributed by atoms with Gasteiger partial charge in [0.15, 0.2) is 5.78 Å². The molecule has 0 aliphatic rings. The van der Waals surface area contributed by atoms with Gasteiger partial charge >= 0.3 is 0 Å². The highest BCUT2D eigenvalue weighted by Gasteiger charge is 2.13. The Bertz CT molecular complexity index is 1080. The zero-order chi connectivity index (χ0) is 21.0. The molecule has 0 atom stereocenters. The molecule has 148 valence electrons. The number of nitro groups is 1. The number of aryl methyl sites for hydroxylation is 1. The second kappa shape index (κ2) is 8.49. The molecule has 8 nitrogen and oxygen atoms in total. The molecule has 0 amide bonds. The van der Waals surface area contributed by atoms with Crippen molar-refractivity contribution in [3.05, 3.63) is 81.0 Å². The molecule has 0 unspecified atom stereocenters. The average Bonchev–Trinajstić information content (AvgIpc) is 3.20. The zero-order valence-electron chi connectivity index (χ0n) is 15.9. The number of H-pyrrole nitrogens is 1. The van der Waals surface area contributed by atoms with E-state index in [9.17, 15) is 20.0 Å². The molecular weight excluding hydrogens is 374 g/mol. The van der Waals surface area contributed by atoms with E-state index in [1.807, 2.05) is 0 Å². The number of allylic oxidation sites excluding steroid dienone is 1. The Morgan fingerprint density at radius 1 is 1.28 bits per heavy atom. The van der Waals surface area contributed by atoms with Gasteiger partial charge in [0, 0.05) is 22.8 Å². The van der Waals surface area contributed by atoms with Crippen LogP contribution < -0.4 is 4.74 Å². The second-order valence-corrected chi connectivity index (χ2v) is 6.39. The number of ether oxygens (including phenoxy) is 1. The lowest BCUT2D eigenvalue weighted by atomic mass is 10.1. The van der Waals surface area contributed by atoms with Crippen LogP contribution in [-0.4, -0.2) is 33.1 Å². The van der Waals surface area contributed by atoms with E-state index in [2.05, 4.69) is 10.2 Å². The predicted octanol–water partition coefficient (Wildman–Crippen LogP) is 3.69. The summed E-state index contributed by atoms with van der Waals surface area (Å²) in [4.78, 5) is 22.8. The summed E-state index contributed by atoms with van der Waals surface area (Å²) in [6.07, 6.45) is 2.96. The van der Waals surface area contributed by atoms with Crippen LogP contribution in [-0.2, 0) is 6.61 Å². The Hall–Kier alpha value is -3.78. The van der Waals surface area contributed by atoms with Crippen LogP contribution in [0.4, 0.5) is 5.69 Å². The molecule has 1 heterocycles. The Morgan fingerprint density at radius 2 is 2.07 bits per heavy atom. The van der Waals surface area contributed by atoms with Gasteiger partial charge in [-0.2, -0.15) is 5.10 Å². The Balaban J connectivity index is 1.79. The van der Waals surface area contributed by atoms with Crippen LogP contribution >= 0.6 is 0 Å². The van der Waals surface area contributed by atoms with E-state index in [-0.39, 0.29) is 18.1 Å². The van der Waals surface area contributed by atoms with E-state index in [1.165, 1.54) is 24.3 Å². The smallest absolute Gasteiger partial charge is 0.272 e. The molecule has 1 aromatic heterocycles. The zero-order valence-corrected chi connectivity index (χ0v) is 15.9. The van der Waals surface area contributed by atoms with Crippen molar-refractivity contribution in [2.24, 2.45) is 0 Å². The molecule has 2 N–H and O–H groups in total. The lowest BCUT2D eigenvalue weighted by molar-refractivity contribution is -0.385. The van der Waals surface area contributed by atoms with Crippen LogP contribution in [0.5, 0.6) is 5.75 Å². The summed E-state index contributed by atoms with van der Waals surface area (Å²) in [5, 5.41) is 27.3. The number of aromatic nitrogens is 2. The topological polar surface area (TPSA) is 118 Å². The van der Waals surface area contributed by atoms with Crippen LogP contribution in [0.1, 0.15) is 27.2 Å². The standard InChI is InChI=1S/C21H19N3O5/c1-13-7-15(3-5-20(13)24(27)28)21(26)6-4-17-11-19(23-22-17)16-8-14(12-25)9-18(10-16)29-2/h3-11,25H,12H2,1-2H3,(H,22,23)/b6-4+. The van der Waals surface area contributed by atoms with Gasteiger partial charge in [-0.3, -0.25) is 20.0 Å². The molecule has 0 saturated heterocycles. The van der Waals surface area contributed by atoms with E-state index in [4.69, 9.17) is 4.74 Å². The van der Waals surface area contributed by atoms with E-state index < -0.39 is 4.92 Å². The molecule has 3 aromatic rings. The number of benzene rings is 2. The van der Waals surface area contributed by atoms with Crippen LogP contribution in [0.3, 0.4) is 0 Å². The number of methoxy groups -OCH3 is 1. The summed E-state index contributed by atoms with van der Waals surface area (Å²) < 4.78 is 5.24. The van der Waals surface area contributed by atoms with Crippen molar-refractivity contribution >= 4 is 17.5 Å². The Labute approximate surface area is 166 Å². The molecule has 0 fully saturated rings. The number of hydrogen-bond donors (Lipinski definition) is 2. The van der Waals surface area contributed by atoms with Gasteiger partial charge in [-0.1, -0.05) is 0 Å². The first kappa shape index (κ1) is 20.0. The number of nitrogens with one attached hydrogen (secondary N) is 1. The number of carbonyl (C=O) groups is 1. The van der Waals surface area contributed by atoms with E-state index in [0.29, 0.717) is 33.8 Å². The van der Waals surface area contributed by atoms with Crippen molar-refractivity contribution in [3.8, 4) is 17.0 Å². The van der Waals surface area contributed by atoms with Crippen LogP contribution in [0.2, 0.25) is 0 Å². The largest absolute Gasteiger partial charge is 0.497 e. The minimum absolute atomic E-state index is 0.0238. The fraction of sp³-hybridized carbons (Fsp3) is 0.143. The minimum atomic E-state index is -0.480. The maximum Gasteiger partial charge on any atom is 0.272 e. The van der Waals surface area contributed by atoms with Gasteiger partial charge in [0.2, 0.25) is 0 Å². The van der Waals surface area contributed by atoms with Gasteiger partial charge in [-0.15, -0.1) is 0 Å². The fourth-order valence-corrected chi connectivity index (χ4v) is 2.86. The highest BCUT2D eigenvalue weighted by atomic mass is 16.6. The summed E-state index contributed by atoms with van der Waals surface area (Å²) in [7, 11) is 1.55. The maximum absolute atomic E-state index is 12.4. The van der Waals surface area contributed by atoms with Crippen molar-refractivity contribution in [1.29, 1.82) is 0 Å². The number of carbonyl (C=O) groups excluding carboxylic acids is 1. The summed E-state index contributed by atoms with van der Waals surface area (Å²) in [6, 6.07) is 11.4. The summed E-state index contributed by atoms with van der Waals surface area (Å²) in [5.41, 5.74) is 3.48. The SMILES string of the molecule is COc1cc(CO)cc(-c2cc(/C=C/C(=O)c3ccc([N+](=O)[O-])c(C)c3)[nH]n2)c1. The maximum atomic E-state index is 12.4. The first-order valence-corrected chi connectivity index (χ1v) is 8.73. The van der Waals surface area contributed by atoms with Crippen molar-refractivity contribution in [2.75, 3.05) is 7.11 Å². The number of aromatic amines is 1. The third-order valence-corrected chi connectivity index (χ3v) is 4.37. The molecule has 0 radical (unpaired) electrons. The molecular formula is C21H19N3O5. The van der Waals surface area contributed by atoms with Gasteiger partial charge < -0.3 is 9.84 Å². The molecule has 0 saturated carbocycles. The Kier molecular flexibility index (Phi) is 5.85. The number of ketones is 1. The van der Waals surface area contributed by atoms with Gasteiger partial charge in [0.05, 0.1) is 30.0 Å².